The molecule has 0 saturated carbocycles. The van der Waals surface area contributed by atoms with Crippen molar-refractivity contribution in [3.05, 3.63) is 54.4 Å². The predicted molar refractivity (Wildman–Crippen MR) is 86.0 cm³/mol. The molecule has 7 nitrogen and oxygen atoms in total. The van der Waals surface area contributed by atoms with E-state index in [2.05, 4.69) is 10.3 Å². The lowest BCUT2D eigenvalue weighted by Crippen LogP contribution is -2.28. The van der Waals surface area contributed by atoms with Gasteiger partial charge in [0.05, 0.1) is 19.2 Å². The molecule has 0 fully saturated rings. The first-order chi connectivity index (χ1) is 11.7. The Hall–Kier alpha value is -3.09. The summed E-state index contributed by atoms with van der Waals surface area (Å²) >= 11 is 0. The Balaban J connectivity index is 1.64. The van der Waals surface area contributed by atoms with Gasteiger partial charge in [0.2, 0.25) is 0 Å². The summed E-state index contributed by atoms with van der Waals surface area (Å²) in [5.41, 5.74) is 0.449. The van der Waals surface area contributed by atoms with Gasteiger partial charge in [-0.15, -0.1) is 0 Å². The van der Waals surface area contributed by atoms with Crippen LogP contribution in [0.4, 0.5) is 0 Å². The maximum Gasteiger partial charge on any atom is 0.344 e. The number of benzene rings is 1. The number of hydrogen-bond acceptors (Lipinski definition) is 6. The molecule has 0 radical (unpaired) electrons. The van der Waals surface area contributed by atoms with Crippen LogP contribution < -0.4 is 14.8 Å². The van der Waals surface area contributed by atoms with E-state index in [0.717, 1.165) is 0 Å². The first kappa shape index (κ1) is 17.3. The molecule has 1 aromatic heterocycles. The summed E-state index contributed by atoms with van der Waals surface area (Å²) in [6.07, 6.45) is 3.05. The number of esters is 1. The maximum absolute atomic E-state index is 11.7. The highest BCUT2D eigenvalue weighted by Gasteiger charge is 2.07. The average molecular weight is 330 g/mol. The molecule has 1 aromatic carbocycles. The molecule has 2 rings (SSSR count). The van der Waals surface area contributed by atoms with E-state index >= 15 is 0 Å². The van der Waals surface area contributed by atoms with Gasteiger partial charge in [0.25, 0.3) is 5.91 Å². The van der Waals surface area contributed by atoms with Crippen LogP contribution in [0.3, 0.4) is 0 Å². The molecule has 0 spiro atoms. The van der Waals surface area contributed by atoms with Crippen LogP contribution in [0, 0.1) is 0 Å². The largest absolute Gasteiger partial charge is 0.497 e. The summed E-state index contributed by atoms with van der Waals surface area (Å²) in [6.45, 7) is 0.0503. The summed E-state index contributed by atoms with van der Waals surface area (Å²) in [6, 6.07) is 10.2. The zero-order valence-electron chi connectivity index (χ0n) is 13.2. The highest BCUT2D eigenvalue weighted by atomic mass is 16.6. The van der Waals surface area contributed by atoms with E-state index in [1.807, 2.05) is 0 Å². The van der Waals surface area contributed by atoms with E-state index < -0.39 is 5.97 Å². The number of aromatic nitrogens is 1. The topological polar surface area (TPSA) is 86.8 Å². The average Bonchev–Trinajstić information content (AvgIpc) is 2.64. The monoisotopic (exact) mass is 330 g/mol. The van der Waals surface area contributed by atoms with Crippen molar-refractivity contribution in [3.63, 3.8) is 0 Å². The maximum atomic E-state index is 11.7. The van der Waals surface area contributed by atoms with Crippen LogP contribution in [0.25, 0.3) is 0 Å². The van der Waals surface area contributed by atoms with Crippen molar-refractivity contribution in [1.29, 1.82) is 0 Å². The number of methoxy groups -OCH3 is 1. The zero-order valence-corrected chi connectivity index (χ0v) is 13.2. The van der Waals surface area contributed by atoms with Crippen LogP contribution in [0.1, 0.15) is 10.4 Å². The lowest BCUT2D eigenvalue weighted by molar-refractivity contribution is -0.145. The number of rotatable bonds is 8. The first-order valence-corrected chi connectivity index (χ1v) is 7.30. The second-order valence-electron chi connectivity index (χ2n) is 4.69. The molecule has 0 atom stereocenters. The third kappa shape index (κ3) is 5.60. The Morgan fingerprint density at radius 3 is 2.75 bits per heavy atom. The standard InChI is InChI=1S/C17H18N2O5/c1-22-14-5-2-6-15(10-14)24-12-16(20)23-9-8-19-17(21)13-4-3-7-18-11-13/h2-7,10-11H,8-9,12H2,1H3,(H,19,21). The van der Waals surface area contributed by atoms with E-state index in [1.165, 1.54) is 6.20 Å². The Labute approximate surface area is 139 Å². The summed E-state index contributed by atoms with van der Waals surface area (Å²) < 4.78 is 15.3. The third-order valence-corrected chi connectivity index (χ3v) is 2.97. The number of ether oxygens (including phenoxy) is 3. The van der Waals surface area contributed by atoms with Crippen molar-refractivity contribution in [2.75, 3.05) is 26.9 Å². The minimum absolute atomic E-state index is 0.0618. The SMILES string of the molecule is COc1cccc(OCC(=O)OCCNC(=O)c2cccnc2)c1. The van der Waals surface area contributed by atoms with E-state index in [1.54, 1.807) is 49.7 Å². The van der Waals surface area contributed by atoms with Gasteiger partial charge in [0, 0.05) is 18.5 Å². The van der Waals surface area contributed by atoms with Gasteiger partial charge in [-0.3, -0.25) is 9.78 Å². The molecule has 7 heteroatoms. The van der Waals surface area contributed by atoms with Gasteiger partial charge in [-0.25, -0.2) is 4.79 Å². The predicted octanol–water partition coefficient (Wildman–Crippen LogP) is 1.44. The Morgan fingerprint density at radius 1 is 1.17 bits per heavy atom. The number of amides is 1. The van der Waals surface area contributed by atoms with Crippen molar-refractivity contribution in [1.82, 2.24) is 10.3 Å². The number of nitrogens with zero attached hydrogens (tertiary/aromatic N) is 1. The fraction of sp³-hybridized carbons (Fsp3) is 0.235. The molecule has 2 aromatic rings. The molecule has 0 aliphatic carbocycles. The van der Waals surface area contributed by atoms with Crippen molar-refractivity contribution >= 4 is 11.9 Å². The van der Waals surface area contributed by atoms with E-state index in [9.17, 15) is 9.59 Å². The smallest absolute Gasteiger partial charge is 0.344 e. The van der Waals surface area contributed by atoms with Gasteiger partial charge in [-0.1, -0.05) is 6.07 Å². The number of carbonyl (C=O) groups is 2. The number of carbonyl (C=O) groups excluding carboxylic acids is 2. The number of pyridine rings is 1. The molecular weight excluding hydrogens is 312 g/mol. The summed E-state index contributed by atoms with van der Waals surface area (Å²) in [5.74, 6) is 0.357. The van der Waals surface area contributed by atoms with Gasteiger partial charge in [0.15, 0.2) is 6.61 Å². The molecule has 0 saturated heterocycles. The minimum atomic E-state index is -0.520. The summed E-state index contributed by atoms with van der Waals surface area (Å²) in [4.78, 5) is 27.2. The summed E-state index contributed by atoms with van der Waals surface area (Å²) in [7, 11) is 1.55. The highest BCUT2D eigenvalue weighted by molar-refractivity contribution is 5.93. The van der Waals surface area contributed by atoms with Crippen molar-refractivity contribution in [2.24, 2.45) is 0 Å². The van der Waals surface area contributed by atoms with Crippen LogP contribution >= 0.6 is 0 Å². The summed E-state index contributed by atoms with van der Waals surface area (Å²) in [5, 5.41) is 2.63. The Bertz CT molecular complexity index is 676. The second-order valence-corrected chi connectivity index (χ2v) is 4.69. The van der Waals surface area contributed by atoms with Gasteiger partial charge in [-0.05, 0) is 24.3 Å². The molecule has 1 amide bonds. The Morgan fingerprint density at radius 2 is 2.00 bits per heavy atom. The quantitative estimate of drug-likeness (QED) is 0.582. The second kappa shape index (κ2) is 9.14. The fourth-order valence-electron chi connectivity index (χ4n) is 1.80. The van der Waals surface area contributed by atoms with E-state index in [0.29, 0.717) is 17.1 Å². The fourth-order valence-corrected chi connectivity index (χ4v) is 1.80. The van der Waals surface area contributed by atoms with Gasteiger partial charge in [-0.2, -0.15) is 0 Å². The number of hydrogen-bond donors (Lipinski definition) is 1. The van der Waals surface area contributed by atoms with Crippen molar-refractivity contribution < 1.29 is 23.8 Å². The minimum Gasteiger partial charge on any atom is -0.497 e. The molecule has 1 N–H and O–H groups in total. The van der Waals surface area contributed by atoms with Crippen LogP contribution in [0.2, 0.25) is 0 Å². The molecule has 24 heavy (non-hydrogen) atoms. The molecule has 1 heterocycles. The molecule has 0 aliphatic heterocycles. The van der Waals surface area contributed by atoms with Crippen LogP contribution in [-0.2, 0) is 9.53 Å². The van der Waals surface area contributed by atoms with Crippen LogP contribution in [-0.4, -0.2) is 43.7 Å². The van der Waals surface area contributed by atoms with Crippen molar-refractivity contribution in [2.45, 2.75) is 0 Å². The third-order valence-electron chi connectivity index (χ3n) is 2.97. The normalized spacial score (nSPS) is 9.88. The van der Waals surface area contributed by atoms with Gasteiger partial charge in [0.1, 0.15) is 18.1 Å². The lowest BCUT2D eigenvalue weighted by atomic mass is 10.3. The van der Waals surface area contributed by atoms with Crippen LogP contribution in [0.5, 0.6) is 11.5 Å². The van der Waals surface area contributed by atoms with Gasteiger partial charge >= 0.3 is 5.97 Å². The van der Waals surface area contributed by atoms with E-state index in [4.69, 9.17) is 14.2 Å². The molecular formula is C17H18N2O5. The number of nitrogens with one attached hydrogen (secondary N) is 1. The highest BCUT2D eigenvalue weighted by Crippen LogP contribution is 2.18. The van der Waals surface area contributed by atoms with E-state index in [-0.39, 0.29) is 25.7 Å². The van der Waals surface area contributed by atoms with Gasteiger partial charge < -0.3 is 19.5 Å². The molecule has 126 valence electrons. The first-order valence-electron chi connectivity index (χ1n) is 7.30. The zero-order chi connectivity index (χ0) is 17.2. The molecule has 0 aliphatic rings. The lowest BCUT2D eigenvalue weighted by Gasteiger charge is -2.09. The van der Waals surface area contributed by atoms with Crippen LogP contribution in [0.15, 0.2) is 48.8 Å². The molecule has 0 unspecified atom stereocenters. The van der Waals surface area contributed by atoms with Crippen molar-refractivity contribution in [3.8, 4) is 11.5 Å². The Kier molecular flexibility index (Phi) is 6.58. The molecule has 0 bridgehead atoms.